The zero-order valence-electron chi connectivity index (χ0n) is 15.6. The zero-order chi connectivity index (χ0) is 20.1. The number of hydrogen-bond acceptors (Lipinski definition) is 6. The van der Waals surface area contributed by atoms with Gasteiger partial charge < -0.3 is 5.32 Å². The molecule has 1 amide bonds. The first-order valence-corrected chi connectivity index (χ1v) is 10.8. The Morgan fingerprint density at radius 2 is 2.00 bits per heavy atom. The van der Waals surface area contributed by atoms with E-state index in [2.05, 4.69) is 26.1 Å². The number of thioether (sulfide) groups is 1. The lowest BCUT2D eigenvalue weighted by atomic mass is 10.2. The van der Waals surface area contributed by atoms with Gasteiger partial charge >= 0.3 is 0 Å². The summed E-state index contributed by atoms with van der Waals surface area (Å²) >= 11 is 1.68. The third-order valence-electron chi connectivity index (χ3n) is 3.32. The molecule has 0 fully saturated rings. The molecule has 0 aromatic heterocycles. The highest BCUT2D eigenvalue weighted by molar-refractivity contribution is 8.00. The van der Waals surface area contributed by atoms with Crippen LogP contribution in [-0.4, -0.2) is 48.6 Å². The Labute approximate surface area is 158 Å². The highest BCUT2D eigenvalue weighted by atomic mass is 32.2. The van der Waals surface area contributed by atoms with Crippen LogP contribution in [0.3, 0.4) is 0 Å². The second kappa shape index (κ2) is 8.72. The first kappa shape index (κ1) is 22.2. The molecule has 0 aliphatic rings. The van der Waals surface area contributed by atoms with Crippen molar-refractivity contribution in [2.75, 3.05) is 22.9 Å². The van der Waals surface area contributed by atoms with Crippen molar-refractivity contribution in [3.05, 3.63) is 34.4 Å². The molecule has 10 heteroatoms. The van der Waals surface area contributed by atoms with Crippen LogP contribution in [0, 0.1) is 10.1 Å². The highest BCUT2D eigenvalue weighted by Crippen LogP contribution is 2.25. The maximum Gasteiger partial charge on any atom is 0.271 e. The van der Waals surface area contributed by atoms with Crippen LogP contribution in [0.15, 0.2) is 24.3 Å². The number of nitrogens with one attached hydrogen (secondary N) is 1. The summed E-state index contributed by atoms with van der Waals surface area (Å²) in [5.74, 6) is 0.230. The van der Waals surface area contributed by atoms with Gasteiger partial charge in [0.2, 0.25) is 15.9 Å². The number of hydrogen-bond donors (Lipinski definition) is 1. The van der Waals surface area contributed by atoms with Crippen molar-refractivity contribution in [3.8, 4) is 0 Å². The summed E-state index contributed by atoms with van der Waals surface area (Å²) in [5, 5.41) is 13.7. The Balaban J connectivity index is 2.95. The van der Waals surface area contributed by atoms with Gasteiger partial charge in [0.15, 0.2) is 0 Å². The van der Waals surface area contributed by atoms with E-state index in [0.717, 1.165) is 16.6 Å². The van der Waals surface area contributed by atoms with Gasteiger partial charge in [-0.15, -0.1) is 0 Å². The Bertz CT molecular complexity index is 759. The number of carbonyl (C=O) groups excluding carboxylic acids is 1. The number of amides is 1. The molecule has 0 spiro atoms. The van der Waals surface area contributed by atoms with E-state index in [1.165, 1.54) is 25.1 Å². The SMILES string of the molecule is C[C@@H](C(=O)NCCSC(C)(C)C)N(c1cccc([N+](=O)[O-])c1)S(C)(=O)=O. The smallest absolute Gasteiger partial charge is 0.271 e. The molecule has 1 rings (SSSR count). The second-order valence-corrected chi connectivity index (χ2v) is 10.5. The number of nitrogens with zero attached hydrogens (tertiary/aromatic N) is 2. The van der Waals surface area contributed by atoms with Crippen molar-refractivity contribution >= 4 is 39.1 Å². The van der Waals surface area contributed by atoms with E-state index in [9.17, 15) is 23.3 Å². The van der Waals surface area contributed by atoms with Gasteiger partial charge in [0, 0.05) is 29.2 Å². The number of sulfonamides is 1. The summed E-state index contributed by atoms with van der Waals surface area (Å²) in [4.78, 5) is 22.7. The monoisotopic (exact) mass is 403 g/mol. The molecule has 0 bridgehead atoms. The minimum Gasteiger partial charge on any atom is -0.353 e. The fourth-order valence-corrected chi connectivity index (χ4v) is 4.21. The molecule has 0 heterocycles. The Morgan fingerprint density at radius 1 is 1.38 bits per heavy atom. The van der Waals surface area contributed by atoms with Gasteiger partial charge in [-0.2, -0.15) is 11.8 Å². The Morgan fingerprint density at radius 3 is 2.50 bits per heavy atom. The van der Waals surface area contributed by atoms with Crippen LogP contribution in [0.4, 0.5) is 11.4 Å². The molecule has 1 aromatic rings. The lowest BCUT2D eigenvalue weighted by Crippen LogP contribution is -2.48. The molecule has 0 unspecified atom stereocenters. The Hall–Kier alpha value is -1.81. The van der Waals surface area contributed by atoms with Crippen molar-refractivity contribution in [2.24, 2.45) is 0 Å². The van der Waals surface area contributed by atoms with Gasteiger partial charge in [-0.25, -0.2) is 8.42 Å². The fraction of sp³-hybridized carbons (Fsp3) is 0.562. The van der Waals surface area contributed by atoms with Gasteiger partial charge in [-0.05, 0) is 13.0 Å². The lowest BCUT2D eigenvalue weighted by molar-refractivity contribution is -0.384. The highest BCUT2D eigenvalue weighted by Gasteiger charge is 2.29. The number of rotatable bonds is 8. The first-order valence-electron chi connectivity index (χ1n) is 7.98. The molecule has 8 nitrogen and oxygen atoms in total. The molecule has 1 N–H and O–H groups in total. The van der Waals surface area contributed by atoms with Crippen molar-refractivity contribution in [2.45, 2.75) is 38.5 Å². The van der Waals surface area contributed by atoms with E-state index >= 15 is 0 Å². The molecule has 146 valence electrons. The largest absolute Gasteiger partial charge is 0.353 e. The molecule has 0 radical (unpaired) electrons. The predicted octanol–water partition coefficient (Wildman–Crippen LogP) is 2.40. The molecular formula is C16H25N3O5S2. The average molecular weight is 404 g/mol. The van der Waals surface area contributed by atoms with E-state index < -0.39 is 26.9 Å². The number of carbonyl (C=O) groups is 1. The maximum absolute atomic E-state index is 12.4. The summed E-state index contributed by atoms with van der Waals surface area (Å²) in [7, 11) is -3.81. The van der Waals surface area contributed by atoms with Gasteiger partial charge in [0.1, 0.15) is 6.04 Å². The van der Waals surface area contributed by atoms with E-state index in [0.29, 0.717) is 12.3 Å². The number of non-ortho nitro benzene ring substituents is 1. The van der Waals surface area contributed by atoms with Gasteiger partial charge in [-0.3, -0.25) is 19.2 Å². The van der Waals surface area contributed by atoms with Crippen LogP contribution < -0.4 is 9.62 Å². The van der Waals surface area contributed by atoms with Crippen molar-refractivity contribution in [1.29, 1.82) is 0 Å². The molecule has 0 saturated heterocycles. The van der Waals surface area contributed by atoms with E-state index in [1.807, 2.05) is 0 Å². The summed E-state index contributed by atoms with van der Waals surface area (Å²) in [5.41, 5.74) is -0.168. The van der Waals surface area contributed by atoms with E-state index in [-0.39, 0.29) is 16.1 Å². The molecule has 26 heavy (non-hydrogen) atoms. The molecule has 0 saturated carbocycles. The first-order chi connectivity index (χ1) is 11.8. The second-order valence-electron chi connectivity index (χ2n) is 6.76. The average Bonchev–Trinajstić information content (AvgIpc) is 2.49. The normalized spacial score (nSPS) is 13.1. The van der Waals surface area contributed by atoms with Crippen molar-refractivity contribution in [1.82, 2.24) is 5.32 Å². The number of nitro benzene ring substituents is 1. The number of anilines is 1. The maximum atomic E-state index is 12.4. The van der Waals surface area contributed by atoms with Gasteiger partial charge in [-0.1, -0.05) is 26.8 Å². The van der Waals surface area contributed by atoms with Crippen LogP contribution in [0.5, 0.6) is 0 Å². The standard InChI is InChI=1S/C16H25N3O5S2/c1-12(15(20)17-9-10-25-16(2,3)4)18(26(5,23)24)13-7-6-8-14(11-13)19(21)22/h6-8,11-12H,9-10H2,1-5H3,(H,17,20)/t12-/m0/s1. The fourth-order valence-electron chi connectivity index (χ4n) is 2.23. The number of nitro groups is 1. The molecule has 1 aromatic carbocycles. The lowest BCUT2D eigenvalue weighted by Gasteiger charge is -2.28. The minimum absolute atomic E-state index is 0.0676. The van der Waals surface area contributed by atoms with Crippen molar-refractivity contribution in [3.63, 3.8) is 0 Å². The quantitative estimate of drug-likeness (QED) is 0.405. The Kier molecular flexibility index (Phi) is 7.45. The summed E-state index contributed by atoms with van der Waals surface area (Å²) in [6, 6.07) is 4.18. The predicted molar refractivity (Wildman–Crippen MR) is 105 cm³/mol. The van der Waals surface area contributed by atoms with E-state index in [4.69, 9.17) is 0 Å². The summed E-state index contributed by atoms with van der Waals surface area (Å²) < 4.78 is 25.3. The molecule has 1 atom stereocenters. The topological polar surface area (TPSA) is 110 Å². The third kappa shape index (κ3) is 6.83. The van der Waals surface area contributed by atoms with Crippen LogP contribution in [0.1, 0.15) is 27.7 Å². The van der Waals surface area contributed by atoms with Crippen LogP contribution in [-0.2, 0) is 14.8 Å². The van der Waals surface area contributed by atoms with Crippen LogP contribution in [0.25, 0.3) is 0 Å². The molecule has 0 aliphatic carbocycles. The third-order valence-corrected chi connectivity index (χ3v) is 5.84. The van der Waals surface area contributed by atoms with Crippen LogP contribution in [0.2, 0.25) is 0 Å². The summed E-state index contributed by atoms with van der Waals surface area (Å²) in [6.07, 6.45) is 0.963. The summed E-state index contributed by atoms with van der Waals surface area (Å²) in [6.45, 7) is 8.05. The van der Waals surface area contributed by atoms with Gasteiger partial charge in [0.05, 0.1) is 16.9 Å². The number of benzene rings is 1. The molecule has 0 aliphatic heterocycles. The van der Waals surface area contributed by atoms with Gasteiger partial charge in [0.25, 0.3) is 5.69 Å². The minimum atomic E-state index is -3.81. The van der Waals surface area contributed by atoms with Crippen LogP contribution >= 0.6 is 11.8 Å². The van der Waals surface area contributed by atoms with E-state index in [1.54, 1.807) is 11.8 Å². The van der Waals surface area contributed by atoms with Crippen molar-refractivity contribution < 1.29 is 18.1 Å². The zero-order valence-corrected chi connectivity index (χ0v) is 17.2. The molecular weight excluding hydrogens is 378 g/mol.